The summed E-state index contributed by atoms with van der Waals surface area (Å²) in [5, 5.41) is 12.2. The molecule has 1 saturated heterocycles. The molecule has 1 aliphatic carbocycles. The van der Waals surface area contributed by atoms with Crippen LogP contribution in [0.2, 0.25) is 0 Å². The summed E-state index contributed by atoms with van der Waals surface area (Å²) in [7, 11) is 0. The number of nitrogens with one attached hydrogen (secondary N) is 1. The fourth-order valence-electron chi connectivity index (χ4n) is 3.48. The van der Waals surface area contributed by atoms with E-state index in [2.05, 4.69) is 16.3 Å². The summed E-state index contributed by atoms with van der Waals surface area (Å²) in [5.74, 6) is 0.135. The molecular formula is C17H30N2O2. The van der Waals surface area contributed by atoms with Gasteiger partial charge in [-0.3, -0.25) is 9.69 Å². The van der Waals surface area contributed by atoms with Crippen LogP contribution in [-0.2, 0) is 4.79 Å². The normalized spacial score (nSPS) is 23.7. The molecule has 0 aromatic rings. The zero-order chi connectivity index (χ0) is 14.9. The number of hydrogen-bond acceptors (Lipinski definition) is 3. The molecule has 0 bridgehead atoms. The Kier molecular flexibility index (Phi) is 7.24. The van der Waals surface area contributed by atoms with E-state index in [0.717, 1.165) is 32.4 Å². The predicted octanol–water partition coefficient (Wildman–Crippen LogP) is 2.23. The number of piperidine rings is 1. The van der Waals surface area contributed by atoms with Crippen LogP contribution in [-0.4, -0.2) is 48.2 Å². The minimum absolute atomic E-state index is 0.135. The molecular weight excluding hydrogens is 264 g/mol. The second-order valence-corrected chi connectivity index (χ2v) is 6.34. The molecule has 4 heteroatoms. The van der Waals surface area contributed by atoms with Gasteiger partial charge >= 0.3 is 0 Å². The molecule has 0 spiro atoms. The third kappa shape index (κ3) is 5.79. The fourth-order valence-corrected chi connectivity index (χ4v) is 3.48. The monoisotopic (exact) mass is 294 g/mol. The highest BCUT2D eigenvalue weighted by Crippen LogP contribution is 2.20. The second-order valence-electron chi connectivity index (χ2n) is 6.34. The Hall–Kier alpha value is -0.870. The van der Waals surface area contributed by atoms with Crippen molar-refractivity contribution in [3.8, 4) is 0 Å². The molecule has 1 heterocycles. The average Bonchev–Trinajstić information content (AvgIpc) is 2.50. The second kappa shape index (κ2) is 9.21. The molecule has 21 heavy (non-hydrogen) atoms. The number of aliphatic hydroxyl groups excluding tert-OH is 1. The van der Waals surface area contributed by atoms with Gasteiger partial charge in [-0.1, -0.05) is 18.1 Å². The molecule has 1 unspecified atom stereocenters. The number of amides is 1. The van der Waals surface area contributed by atoms with Gasteiger partial charge in [0.2, 0.25) is 5.91 Å². The molecule has 1 fully saturated rings. The van der Waals surface area contributed by atoms with Crippen molar-refractivity contribution in [2.45, 2.75) is 63.8 Å². The van der Waals surface area contributed by atoms with E-state index in [4.69, 9.17) is 5.11 Å². The smallest absolute Gasteiger partial charge is 0.234 e. The van der Waals surface area contributed by atoms with Gasteiger partial charge in [-0.15, -0.1) is 0 Å². The molecule has 2 N–H and O–H groups in total. The van der Waals surface area contributed by atoms with Gasteiger partial charge in [0.1, 0.15) is 0 Å². The van der Waals surface area contributed by atoms with E-state index in [1.807, 2.05) is 0 Å². The van der Waals surface area contributed by atoms with Crippen molar-refractivity contribution < 1.29 is 9.90 Å². The van der Waals surface area contributed by atoms with E-state index in [-0.39, 0.29) is 12.5 Å². The van der Waals surface area contributed by atoms with Crippen LogP contribution in [0.1, 0.15) is 57.8 Å². The van der Waals surface area contributed by atoms with Gasteiger partial charge in [0.15, 0.2) is 0 Å². The van der Waals surface area contributed by atoms with Crippen LogP contribution >= 0.6 is 0 Å². The lowest BCUT2D eigenvalue weighted by Crippen LogP contribution is -2.46. The summed E-state index contributed by atoms with van der Waals surface area (Å²) in [6.45, 7) is 2.47. The zero-order valence-electron chi connectivity index (χ0n) is 13.1. The number of hydrogen-bond donors (Lipinski definition) is 2. The summed E-state index contributed by atoms with van der Waals surface area (Å²) < 4.78 is 0. The molecule has 0 aromatic carbocycles. The molecule has 1 atom stereocenters. The first kappa shape index (κ1) is 16.5. The first-order valence-electron chi connectivity index (χ1n) is 8.59. The number of aliphatic hydroxyl groups is 1. The van der Waals surface area contributed by atoms with Crippen molar-refractivity contribution in [2.24, 2.45) is 0 Å². The minimum atomic E-state index is 0.135. The Morgan fingerprint density at radius 3 is 3.00 bits per heavy atom. The summed E-state index contributed by atoms with van der Waals surface area (Å²) in [6, 6.07) is 0.385. The van der Waals surface area contributed by atoms with E-state index in [1.165, 1.54) is 44.1 Å². The quantitative estimate of drug-likeness (QED) is 0.708. The van der Waals surface area contributed by atoms with Crippen LogP contribution in [0.4, 0.5) is 0 Å². The lowest BCUT2D eigenvalue weighted by atomic mass is 9.97. The van der Waals surface area contributed by atoms with Crippen LogP contribution in [0.25, 0.3) is 0 Å². The standard InChI is InChI=1S/C17H30N2O2/c20-13-10-16-8-4-5-12-19(16)14-17(21)18-11-9-15-6-2-1-3-7-15/h6,16,20H,1-5,7-14H2,(H,18,21). The Labute approximate surface area is 128 Å². The first-order chi connectivity index (χ1) is 10.3. The molecule has 120 valence electrons. The van der Waals surface area contributed by atoms with Gasteiger partial charge in [-0.05, 0) is 57.9 Å². The van der Waals surface area contributed by atoms with Crippen molar-refractivity contribution in [3.63, 3.8) is 0 Å². The molecule has 2 aliphatic rings. The zero-order valence-corrected chi connectivity index (χ0v) is 13.1. The van der Waals surface area contributed by atoms with Gasteiger partial charge in [0.05, 0.1) is 6.54 Å². The Morgan fingerprint density at radius 1 is 1.33 bits per heavy atom. The number of nitrogens with zero attached hydrogens (tertiary/aromatic N) is 1. The van der Waals surface area contributed by atoms with Crippen molar-refractivity contribution in [3.05, 3.63) is 11.6 Å². The Morgan fingerprint density at radius 2 is 2.24 bits per heavy atom. The summed E-state index contributed by atoms with van der Waals surface area (Å²) in [6.07, 6.45) is 12.7. The Bertz CT molecular complexity index is 353. The van der Waals surface area contributed by atoms with Gasteiger partial charge in [-0.25, -0.2) is 0 Å². The van der Waals surface area contributed by atoms with Crippen LogP contribution in [0, 0.1) is 0 Å². The highest BCUT2D eigenvalue weighted by molar-refractivity contribution is 5.78. The minimum Gasteiger partial charge on any atom is -0.396 e. The number of carbonyl (C=O) groups is 1. The van der Waals surface area contributed by atoms with Crippen LogP contribution in [0.5, 0.6) is 0 Å². The third-order valence-electron chi connectivity index (χ3n) is 4.71. The molecule has 0 radical (unpaired) electrons. The topological polar surface area (TPSA) is 52.6 Å². The summed E-state index contributed by atoms with van der Waals surface area (Å²) in [4.78, 5) is 14.3. The van der Waals surface area contributed by atoms with Gasteiger partial charge in [0.25, 0.3) is 0 Å². The van der Waals surface area contributed by atoms with E-state index >= 15 is 0 Å². The fraction of sp³-hybridized carbons (Fsp3) is 0.824. The van der Waals surface area contributed by atoms with Crippen molar-refractivity contribution in [2.75, 3.05) is 26.2 Å². The number of carbonyl (C=O) groups excluding carboxylic acids is 1. The summed E-state index contributed by atoms with van der Waals surface area (Å²) in [5.41, 5.74) is 1.51. The summed E-state index contributed by atoms with van der Waals surface area (Å²) >= 11 is 0. The SMILES string of the molecule is O=C(CN1CCCCC1CCO)NCCC1=CCCCC1. The Balaban J connectivity index is 1.66. The van der Waals surface area contributed by atoms with Crippen LogP contribution in [0.15, 0.2) is 11.6 Å². The van der Waals surface area contributed by atoms with E-state index in [0.29, 0.717) is 12.6 Å². The molecule has 2 rings (SSSR count). The molecule has 0 saturated carbocycles. The maximum atomic E-state index is 12.1. The number of rotatable bonds is 7. The maximum absolute atomic E-state index is 12.1. The molecule has 1 aliphatic heterocycles. The van der Waals surface area contributed by atoms with Crippen LogP contribution in [0.3, 0.4) is 0 Å². The van der Waals surface area contributed by atoms with Crippen molar-refractivity contribution in [1.29, 1.82) is 0 Å². The lowest BCUT2D eigenvalue weighted by molar-refractivity contribution is -0.123. The lowest BCUT2D eigenvalue weighted by Gasteiger charge is -2.34. The average molecular weight is 294 g/mol. The van der Waals surface area contributed by atoms with Crippen molar-refractivity contribution in [1.82, 2.24) is 10.2 Å². The largest absolute Gasteiger partial charge is 0.396 e. The van der Waals surface area contributed by atoms with E-state index in [1.54, 1.807) is 0 Å². The molecule has 0 aromatic heterocycles. The first-order valence-corrected chi connectivity index (χ1v) is 8.59. The van der Waals surface area contributed by atoms with E-state index in [9.17, 15) is 4.79 Å². The highest BCUT2D eigenvalue weighted by atomic mass is 16.3. The molecule has 4 nitrogen and oxygen atoms in total. The molecule has 1 amide bonds. The number of likely N-dealkylation sites (tertiary alicyclic amines) is 1. The van der Waals surface area contributed by atoms with Gasteiger partial charge in [0, 0.05) is 19.2 Å². The van der Waals surface area contributed by atoms with Crippen molar-refractivity contribution >= 4 is 5.91 Å². The van der Waals surface area contributed by atoms with E-state index < -0.39 is 0 Å². The number of allylic oxidation sites excluding steroid dienone is 1. The van der Waals surface area contributed by atoms with Crippen LogP contribution < -0.4 is 5.32 Å². The third-order valence-corrected chi connectivity index (χ3v) is 4.71. The predicted molar refractivity (Wildman–Crippen MR) is 85.1 cm³/mol. The van der Waals surface area contributed by atoms with Gasteiger partial charge in [-0.2, -0.15) is 0 Å². The highest BCUT2D eigenvalue weighted by Gasteiger charge is 2.23. The van der Waals surface area contributed by atoms with Gasteiger partial charge < -0.3 is 10.4 Å². The maximum Gasteiger partial charge on any atom is 0.234 e.